The molecule has 0 N–H and O–H groups in total. The van der Waals surface area contributed by atoms with Crippen LogP contribution in [0.25, 0.3) is 0 Å². The molecule has 4 nitrogen and oxygen atoms in total. The quantitative estimate of drug-likeness (QED) is 0.755. The highest BCUT2D eigenvalue weighted by Gasteiger charge is 2.25. The number of anilines is 1. The maximum atomic E-state index is 14.4. The number of piperazine rings is 1. The van der Waals surface area contributed by atoms with Gasteiger partial charge in [0.2, 0.25) is 5.95 Å². The minimum Gasteiger partial charge on any atom is -0.338 e. The Labute approximate surface area is 137 Å². The summed E-state index contributed by atoms with van der Waals surface area (Å²) in [6.45, 7) is 5.04. The summed E-state index contributed by atoms with van der Waals surface area (Å²) in [5.74, 6) is 0.823. The predicted octanol–water partition coefficient (Wildman–Crippen LogP) is 2.99. The van der Waals surface area contributed by atoms with E-state index in [2.05, 4.69) is 19.8 Å². The van der Waals surface area contributed by atoms with E-state index < -0.39 is 5.67 Å². The molecular weight excluding hydrogens is 291 g/mol. The molecule has 5 heteroatoms. The average Bonchev–Trinajstić information content (AvgIpc) is 2.61. The van der Waals surface area contributed by atoms with Gasteiger partial charge in [-0.05, 0) is 37.9 Å². The molecule has 3 rings (SSSR count). The van der Waals surface area contributed by atoms with Crippen molar-refractivity contribution in [2.24, 2.45) is 0 Å². The lowest BCUT2D eigenvalue weighted by atomic mass is 9.91. The molecular formula is C18H25FN4. The van der Waals surface area contributed by atoms with Gasteiger partial charge in [-0.2, -0.15) is 0 Å². The zero-order chi connectivity index (χ0) is 16.0. The van der Waals surface area contributed by atoms with Crippen LogP contribution in [0.3, 0.4) is 0 Å². The molecule has 1 saturated heterocycles. The number of halogens is 1. The number of alkyl halides is 1. The Hall–Kier alpha value is -1.75. The van der Waals surface area contributed by atoms with E-state index in [4.69, 9.17) is 0 Å². The minimum absolute atomic E-state index is 0.527. The number of unbranched alkanes of at least 4 members (excludes halogenated alkanes) is 1. The van der Waals surface area contributed by atoms with Crippen molar-refractivity contribution in [3.63, 3.8) is 0 Å². The van der Waals surface area contributed by atoms with Crippen molar-refractivity contribution in [3.8, 4) is 0 Å². The Kier molecular flexibility index (Phi) is 5.39. The summed E-state index contributed by atoms with van der Waals surface area (Å²) >= 11 is 0. The summed E-state index contributed by atoms with van der Waals surface area (Å²) in [7, 11) is 0. The number of hydrogen-bond donors (Lipinski definition) is 0. The Morgan fingerprint density at radius 3 is 2.52 bits per heavy atom. The van der Waals surface area contributed by atoms with Gasteiger partial charge in [0.05, 0.1) is 0 Å². The topological polar surface area (TPSA) is 32.3 Å². The fourth-order valence-electron chi connectivity index (χ4n) is 3.20. The van der Waals surface area contributed by atoms with Gasteiger partial charge in [-0.25, -0.2) is 14.4 Å². The van der Waals surface area contributed by atoms with E-state index in [1.54, 1.807) is 18.5 Å². The van der Waals surface area contributed by atoms with Crippen molar-refractivity contribution in [1.82, 2.24) is 14.9 Å². The standard InChI is InChI=1S/C18H25FN4/c19-18(7-2-1-3-8-18)9-4-5-12-22-13-15-23(16-14-22)17-20-10-6-11-21-17/h1-3,6-7,10-11H,4-5,8-9,12-16H2. The molecule has 0 saturated carbocycles. The Morgan fingerprint density at radius 2 is 1.83 bits per heavy atom. The molecule has 124 valence electrons. The van der Waals surface area contributed by atoms with Crippen LogP contribution in [0.2, 0.25) is 0 Å². The summed E-state index contributed by atoms with van der Waals surface area (Å²) in [6.07, 6.45) is 14.1. The molecule has 0 bridgehead atoms. The second-order valence-corrected chi connectivity index (χ2v) is 6.36. The van der Waals surface area contributed by atoms with Gasteiger partial charge in [-0.15, -0.1) is 0 Å². The minimum atomic E-state index is -1.11. The lowest BCUT2D eigenvalue weighted by Crippen LogP contribution is -2.47. The van der Waals surface area contributed by atoms with Crippen LogP contribution in [0.1, 0.15) is 25.7 Å². The Balaban J connectivity index is 1.33. The highest BCUT2D eigenvalue weighted by atomic mass is 19.1. The van der Waals surface area contributed by atoms with Crippen LogP contribution in [-0.2, 0) is 0 Å². The normalized spacial score (nSPS) is 25.0. The first-order chi connectivity index (χ1) is 11.3. The molecule has 1 aliphatic carbocycles. The number of allylic oxidation sites excluding steroid dienone is 4. The van der Waals surface area contributed by atoms with E-state index in [-0.39, 0.29) is 0 Å². The Morgan fingerprint density at radius 1 is 1.04 bits per heavy atom. The summed E-state index contributed by atoms with van der Waals surface area (Å²) in [6, 6.07) is 1.84. The fourth-order valence-corrected chi connectivity index (χ4v) is 3.20. The van der Waals surface area contributed by atoms with E-state index in [1.807, 2.05) is 24.3 Å². The smallest absolute Gasteiger partial charge is 0.225 e. The van der Waals surface area contributed by atoms with Crippen LogP contribution in [-0.4, -0.2) is 53.3 Å². The highest BCUT2D eigenvalue weighted by Crippen LogP contribution is 2.28. The van der Waals surface area contributed by atoms with E-state index in [1.165, 1.54) is 0 Å². The molecule has 1 aromatic rings. The molecule has 1 aliphatic heterocycles. The van der Waals surface area contributed by atoms with E-state index in [0.29, 0.717) is 12.8 Å². The molecule has 1 aromatic heterocycles. The molecule has 2 aliphatic rings. The number of rotatable bonds is 6. The molecule has 0 aromatic carbocycles. The first-order valence-corrected chi connectivity index (χ1v) is 8.53. The van der Waals surface area contributed by atoms with Gasteiger partial charge in [0.25, 0.3) is 0 Å². The van der Waals surface area contributed by atoms with Crippen molar-refractivity contribution in [3.05, 3.63) is 42.8 Å². The van der Waals surface area contributed by atoms with Gasteiger partial charge in [0, 0.05) is 45.0 Å². The van der Waals surface area contributed by atoms with Crippen molar-refractivity contribution in [1.29, 1.82) is 0 Å². The van der Waals surface area contributed by atoms with Crippen molar-refractivity contribution in [2.75, 3.05) is 37.6 Å². The van der Waals surface area contributed by atoms with Crippen LogP contribution in [0.4, 0.5) is 10.3 Å². The van der Waals surface area contributed by atoms with Gasteiger partial charge >= 0.3 is 0 Å². The second kappa shape index (κ2) is 7.68. The molecule has 1 fully saturated rings. The lowest BCUT2D eigenvalue weighted by Gasteiger charge is -2.34. The van der Waals surface area contributed by atoms with Crippen molar-refractivity contribution in [2.45, 2.75) is 31.4 Å². The number of hydrogen-bond acceptors (Lipinski definition) is 4. The first kappa shape index (κ1) is 16.1. The lowest BCUT2D eigenvalue weighted by molar-refractivity contribution is 0.199. The molecule has 0 amide bonds. The van der Waals surface area contributed by atoms with Crippen LogP contribution in [0.15, 0.2) is 42.8 Å². The van der Waals surface area contributed by atoms with E-state index >= 15 is 0 Å². The van der Waals surface area contributed by atoms with Crippen LogP contribution in [0, 0.1) is 0 Å². The maximum Gasteiger partial charge on any atom is 0.225 e. The Bertz CT molecular complexity index is 537. The summed E-state index contributed by atoms with van der Waals surface area (Å²) in [5, 5.41) is 0. The second-order valence-electron chi connectivity index (χ2n) is 6.36. The zero-order valence-corrected chi connectivity index (χ0v) is 13.6. The molecule has 1 atom stereocenters. The monoisotopic (exact) mass is 316 g/mol. The predicted molar refractivity (Wildman–Crippen MR) is 91.3 cm³/mol. The number of nitrogens with zero attached hydrogens (tertiary/aromatic N) is 4. The summed E-state index contributed by atoms with van der Waals surface area (Å²) in [4.78, 5) is 13.3. The number of aromatic nitrogens is 2. The third kappa shape index (κ3) is 4.61. The molecule has 23 heavy (non-hydrogen) atoms. The first-order valence-electron chi connectivity index (χ1n) is 8.53. The molecule has 0 radical (unpaired) electrons. The van der Waals surface area contributed by atoms with Crippen LogP contribution >= 0.6 is 0 Å². The summed E-state index contributed by atoms with van der Waals surface area (Å²) in [5.41, 5.74) is -1.11. The summed E-state index contributed by atoms with van der Waals surface area (Å²) < 4.78 is 14.4. The van der Waals surface area contributed by atoms with Crippen LogP contribution in [0.5, 0.6) is 0 Å². The zero-order valence-electron chi connectivity index (χ0n) is 13.6. The van der Waals surface area contributed by atoms with Crippen molar-refractivity contribution < 1.29 is 4.39 Å². The van der Waals surface area contributed by atoms with Gasteiger partial charge in [-0.1, -0.05) is 18.2 Å². The average molecular weight is 316 g/mol. The largest absolute Gasteiger partial charge is 0.338 e. The van der Waals surface area contributed by atoms with Gasteiger partial charge in [0.15, 0.2) is 0 Å². The molecule has 2 heterocycles. The van der Waals surface area contributed by atoms with E-state index in [9.17, 15) is 4.39 Å². The SMILES string of the molecule is FC1(CCCCN2CCN(c3ncccn3)CC2)C=CC=CC1. The highest BCUT2D eigenvalue weighted by molar-refractivity contribution is 5.29. The third-order valence-corrected chi connectivity index (χ3v) is 4.62. The fraction of sp³-hybridized carbons (Fsp3) is 0.556. The maximum absolute atomic E-state index is 14.4. The van der Waals surface area contributed by atoms with Gasteiger partial charge in [0.1, 0.15) is 5.67 Å². The van der Waals surface area contributed by atoms with Gasteiger partial charge in [-0.3, -0.25) is 4.90 Å². The third-order valence-electron chi connectivity index (χ3n) is 4.62. The van der Waals surface area contributed by atoms with Crippen molar-refractivity contribution >= 4 is 5.95 Å². The van der Waals surface area contributed by atoms with Crippen LogP contribution < -0.4 is 4.90 Å². The van der Waals surface area contributed by atoms with Gasteiger partial charge < -0.3 is 4.90 Å². The van der Waals surface area contributed by atoms with E-state index in [0.717, 1.165) is 51.5 Å². The molecule has 0 spiro atoms. The molecule has 1 unspecified atom stereocenters.